The van der Waals surface area contributed by atoms with Crippen LogP contribution in [0.25, 0.3) is 0 Å². The summed E-state index contributed by atoms with van der Waals surface area (Å²) >= 11 is 0. The van der Waals surface area contributed by atoms with E-state index in [9.17, 15) is 8.42 Å². The summed E-state index contributed by atoms with van der Waals surface area (Å²) in [5, 5.41) is 3.36. The molecule has 1 aromatic rings. The Balaban J connectivity index is 1.57. The fraction of sp³-hybridized carbons (Fsp3) is 0.632. The first-order valence-corrected chi connectivity index (χ1v) is 11.4. The van der Waals surface area contributed by atoms with Gasteiger partial charge in [0.25, 0.3) is 0 Å². The van der Waals surface area contributed by atoms with E-state index in [-0.39, 0.29) is 12.3 Å². The van der Waals surface area contributed by atoms with Gasteiger partial charge in [-0.2, -0.15) is 0 Å². The van der Waals surface area contributed by atoms with Crippen molar-refractivity contribution in [2.75, 3.05) is 37.2 Å². The van der Waals surface area contributed by atoms with E-state index < -0.39 is 10.0 Å². The third kappa shape index (κ3) is 5.99. The summed E-state index contributed by atoms with van der Waals surface area (Å²) in [4.78, 5) is 6.83. The molecule has 144 valence electrons. The number of rotatable bonds is 7. The SMILES string of the molecule is O=S(=O)(CCN=C(Nc1ccccc1)N1CCCCC1)NCC1CCC1. The highest BCUT2D eigenvalue weighted by Crippen LogP contribution is 2.25. The zero-order valence-electron chi connectivity index (χ0n) is 15.4. The summed E-state index contributed by atoms with van der Waals surface area (Å²) in [6.07, 6.45) is 7.05. The number of para-hydroxylation sites is 1. The van der Waals surface area contributed by atoms with Crippen molar-refractivity contribution in [3.05, 3.63) is 30.3 Å². The highest BCUT2D eigenvalue weighted by Gasteiger charge is 2.20. The molecule has 0 spiro atoms. The number of hydrogen-bond donors (Lipinski definition) is 2. The van der Waals surface area contributed by atoms with Gasteiger partial charge >= 0.3 is 0 Å². The zero-order chi connectivity index (χ0) is 18.2. The number of nitrogens with one attached hydrogen (secondary N) is 2. The smallest absolute Gasteiger partial charge is 0.213 e. The molecule has 1 heterocycles. The highest BCUT2D eigenvalue weighted by molar-refractivity contribution is 7.89. The van der Waals surface area contributed by atoms with E-state index in [0.717, 1.165) is 50.4 Å². The molecule has 2 aliphatic rings. The number of benzene rings is 1. The average Bonchev–Trinajstić information content (AvgIpc) is 2.61. The second-order valence-corrected chi connectivity index (χ2v) is 9.13. The summed E-state index contributed by atoms with van der Waals surface area (Å²) in [7, 11) is -3.26. The van der Waals surface area contributed by atoms with Crippen molar-refractivity contribution in [1.29, 1.82) is 0 Å². The van der Waals surface area contributed by atoms with E-state index in [2.05, 4.69) is 19.9 Å². The Bertz CT molecular complexity index is 681. The van der Waals surface area contributed by atoms with Crippen molar-refractivity contribution in [2.24, 2.45) is 10.9 Å². The number of aliphatic imine (C=N–C) groups is 1. The maximum Gasteiger partial charge on any atom is 0.213 e. The Labute approximate surface area is 157 Å². The molecule has 1 saturated heterocycles. The van der Waals surface area contributed by atoms with Crippen LogP contribution in [0.4, 0.5) is 5.69 Å². The number of sulfonamides is 1. The Kier molecular flexibility index (Phi) is 6.91. The fourth-order valence-corrected chi connectivity index (χ4v) is 4.23. The second kappa shape index (κ2) is 9.37. The molecule has 26 heavy (non-hydrogen) atoms. The van der Waals surface area contributed by atoms with Gasteiger partial charge in [0.15, 0.2) is 5.96 Å². The van der Waals surface area contributed by atoms with E-state index >= 15 is 0 Å². The van der Waals surface area contributed by atoms with Gasteiger partial charge in [0.1, 0.15) is 0 Å². The van der Waals surface area contributed by atoms with Crippen LogP contribution < -0.4 is 10.0 Å². The molecule has 3 rings (SSSR count). The lowest BCUT2D eigenvalue weighted by Gasteiger charge is -2.30. The lowest BCUT2D eigenvalue weighted by atomic mass is 9.86. The Morgan fingerprint density at radius 1 is 1.08 bits per heavy atom. The van der Waals surface area contributed by atoms with Gasteiger partial charge in [0.2, 0.25) is 10.0 Å². The molecule has 0 aromatic heterocycles. The standard InChI is InChI=1S/C19H30N4O2S/c24-26(25,21-16-17-8-7-9-17)15-12-20-19(23-13-5-2-6-14-23)22-18-10-3-1-4-11-18/h1,3-4,10-11,17,21H,2,5-9,12-16H2,(H,20,22). The van der Waals surface area contributed by atoms with Gasteiger partial charge in [-0.3, -0.25) is 4.99 Å². The maximum absolute atomic E-state index is 12.2. The molecule has 7 heteroatoms. The largest absolute Gasteiger partial charge is 0.343 e. The third-order valence-corrected chi connectivity index (χ3v) is 6.45. The molecule has 6 nitrogen and oxygen atoms in total. The number of nitrogens with zero attached hydrogens (tertiary/aromatic N) is 2. The van der Waals surface area contributed by atoms with E-state index in [1.54, 1.807) is 0 Å². The quantitative estimate of drug-likeness (QED) is 0.565. The molecular weight excluding hydrogens is 348 g/mol. The molecule has 2 fully saturated rings. The minimum Gasteiger partial charge on any atom is -0.343 e. The van der Waals surface area contributed by atoms with E-state index in [0.29, 0.717) is 12.5 Å². The molecule has 1 aromatic carbocycles. The summed E-state index contributed by atoms with van der Waals surface area (Å²) in [5.41, 5.74) is 0.975. The molecule has 0 bridgehead atoms. The van der Waals surface area contributed by atoms with Gasteiger partial charge in [-0.15, -0.1) is 0 Å². The zero-order valence-corrected chi connectivity index (χ0v) is 16.2. The van der Waals surface area contributed by atoms with Crippen LogP contribution in [0.5, 0.6) is 0 Å². The van der Waals surface area contributed by atoms with E-state index in [4.69, 9.17) is 0 Å². The van der Waals surface area contributed by atoms with Crippen molar-refractivity contribution in [2.45, 2.75) is 38.5 Å². The number of piperidine rings is 1. The lowest BCUT2D eigenvalue weighted by Crippen LogP contribution is -2.40. The van der Waals surface area contributed by atoms with Crippen molar-refractivity contribution in [3.63, 3.8) is 0 Å². The number of anilines is 1. The van der Waals surface area contributed by atoms with Crippen LogP contribution >= 0.6 is 0 Å². The molecule has 0 atom stereocenters. The van der Waals surface area contributed by atoms with Gasteiger partial charge in [0.05, 0.1) is 12.3 Å². The summed E-state index contributed by atoms with van der Waals surface area (Å²) in [6, 6.07) is 9.92. The van der Waals surface area contributed by atoms with Crippen LogP contribution in [0.3, 0.4) is 0 Å². The third-order valence-electron chi connectivity index (χ3n) is 5.12. The highest BCUT2D eigenvalue weighted by atomic mass is 32.2. The van der Waals surface area contributed by atoms with Gasteiger partial charge < -0.3 is 10.2 Å². The first kappa shape index (κ1) is 19.2. The monoisotopic (exact) mass is 378 g/mol. The van der Waals surface area contributed by atoms with Crippen LogP contribution in [0.2, 0.25) is 0 Å². The van der Waals surface area contributed by atoms with Crippen LogP contribution in [0, 0.1) is 5.92 Å². The number of hydrogen-bond acceptors (Lipinski definition) is 3. The van der Waals surface area contributed by atoms with Crippen molar-refractivity contribution >= 4 is 21.7 Å². The van der Waals surface area contributed by atoms with Crippen LogP contribution in [-0.2, 0) is 10.0 Å². The molecule has 1 aliphatic carbocycles. The van der Waals surface area contributed by atoms with Gasteiger partial charge in [-0.1, -0.05) is 24.6 Å². The molecule has 0 unspecified atom stereocenters. The molecule has 0 radical (unpaired) electrons. The predicted octanol–water partition coefficient (Wildman–Crippen LogP) is 2.66. The summed E-state index contributed by atoms with van der Waals surface area (Å²) in [5.74, 6) is 1.34. The number of likely N-dealkylation sites (tertiary alicyclic amines) is 1. The summed E-state index contributed by atoms with van der Waals surface area (Å²) in [6.45, 7) is 2.77. The molecule has 2 N–H and O–H groups in total. The molecular formula is C19H30N4O2S. The Morgan fingerprint density at radius 3 is 2.46 bits per heavy atom. The lowest BCUT2D eigenvalue weighted by molar-refractivity contribution is 0.316. The topological polar surface area (TPSA) is 73.8 Å². The Hall–Kier alpha value is -1.60. The predicted molar refractivity (Wildman–Crippen MR) is 107 cm³/mol. The Morgan fingerprint density at radius 2 is 1.81 bits per heavy atom. The first-order valence-electron chi connectivity index (χ1n) is 9.71. The molecule has 0 amide bonds. The van der Waals surface area contributed by atoms with Crippen molar-refractivity contribution in [3.8, 4) is 0 Å². The normalized spacial score (nSPS) is 19.2. The van der Waals surface area contributed by atoms with Crippen molar-refractivity contribution < 1.29 is 8.42 Å². The van der Waals surface area contributed by atoms with Crippen LogP contribution in [0.15, 0.2) is 35.3 Å². The van der Waals surface area contributed by atoms with Gasteiger partial charge in [-0.25, -0.2) is 13.1 Å². The first-order chi connectivity index (χ1) is 12.6. The minimum atomic E-state index is -3.26. The number of guanidine groups is 1. The van der Waals surface area contributed by atoms with E-state index in [1.165, 1.54) is 12.8 Å². The fourth-order valence-electron chi connectivity index (χ4n) is 3.26. The van der Waals surface area contributed by atoms with Crippen LogP contribution in [-0.4, -0.2) is 51.2 Å². The van der Waals surface area contributed by atoms with E-state index in [1.807, 2.05) is 30.3 Å². The minimum absolute atomic E-state index is 0.0352. The molecule has 1 saturated carbocycles. The second-order valence-electron chi connectivity index (χ2n) is 7.21. The maximum atomic E-state index is 12.2. The van der Waals surface area contributed by atoms with Crippen molar-refractivity contribution in [1.82, 2.24) is 9.62 Å². The van der Waals surface area contributed by atoms with Gasteiger partial charge in [0, 0.05) is 25.3 Å². The van der Waals surface area contributed by atoms with Gasteiger partial charge in [-0.05, 0) is 50.2 Å². The van der Waals surface area contributed by atoms with Crippen LogP contribution in [0.1, 0.15) is 38.5 Å². The summed E-state index contributed by atoms with van der Waals surface area (Å²) < 4.78 is 27.1. The molecule has 1 aliphatic heterocycles. The average molecular weight is 379 g/mol.